The van der Waals surface area contributed by atoms with Crippen molar-refractivity contribution in [1.29, 1.82) is 0 Å². The molecule has 1 aromatic carbocycles. The third kappa shape index (κ3) is 2.66. The first-order chi connectivity index (χ1) is 8.41. The lowest BCUT2D eigenvalue weighted by molar-refractivity contribution is 0.108. The molecule has 0 bridgehead atoms. The van der Waals surface area contributed by atoms with E-state index in [0.717, 1.165) is 18.2 Å². The Bertz CT molecular complexity index is 549. The summed E-state index contributed by atoms with van der Waals surface area (Å²) in [6.07, 6.45) is 0.523. The lowest BCUT2D eigenvalue weighted by Crippen LogP contribution is -2.42. The molecular formula is C11H13ClFNO3S. The molecule has 4 nitrogen and oxygen atoms in total. The molecule has 0 aliphatic carbocycles. The zero-order chi connectivity index (χ0) is 13.3. The van der Waals surface area contributed by atoms with Gasteiger partial charge in [-0.15, -0.1) is 0 Å². The van der Waals surface area contributed by atoms with E-state index in [4.69, 9.17) is 11.6 Å². The summed E-state index contributed by atoms with van der Waals surface area (Å²) in [7, 11) is -3.77. The van der Waals surface area contributed by atoms with E-state index < -0.39 is 21.9 Å². The van der Waals surface area contributed by atoms with Gasteiger partial charge in [-0.25, -0.2) is 12.8 Å². The van der Waals surface area contributed by atoms with Gasteiger partial charge in [0.1, 0.15) is 10.7 Å². The van der Waals surface area contributed by atoms with Crippen molar-refractivity contribution in [2.24, 2.45) is 0 Å². The van der Waals surface area contributed by atoms with Crippen LogP contribution in [0.5, 0.6) is 0 Å². The fraction of sp³-hybridized carbons (Fsp3) is 0.455. The summed E-state index contributed by atoms with van der Waals surface area (Å²) in [6, 6.07) is 3.17. The van der Waals surface area contributed by atoms with Crippen LogP contribution in [0.1, 0.15) is 12.8 Å². The average Bonchev–Trinajstić information content (AvgIpc) is 2.28. The SMILES string of the molecule is O=S(=O)(c1ccc(F)cc1Cl)N1CCCC(O)C1. The molecule has 1 heterocycles. The van der Waals surface area contributed by atoms with E-state index in [1.165, 1.54) is 4.31 Å². The molecule has 0 amide bonds. The van der Waals surface area contributed by atoms with E-state index in [1.807, 2.05) is 0 Å². The van der Waals surface area contributed by atoms with Crippen LogP contribution in [-0.4, -0.2) is 37.0 Å². The van der Waals surface area contributed by atoms with Crippen molar-refractivity contribution in [3.63, 3.8) is 0 Å². The van der Waals surface area contributed by atoms with Crippen molar-refractivity contribution in [1.82, 2.24) is 4.31 Å². The van der Waals surface area contributed by atoms with Gasteiger partial charge < -0.3 is 5.11 Å². The van der Waals surface area contributed by atoms with Gasteiger partial charge in [0.15, 0.2) is 0 Å². The fourth-order valence-corrected chi connectivity index (χ4v) is 3.98. The van der Waals surface area contributed by atoms with E-state index in [0.29, 0.717) is 19.4 Å². The highest BCUT2D eigenvalue weighted by atomic mass is 35.5. The topological polar surface area (TPSA) is 57.6 Å². The summed E-state index contributed by atoms with van der Waals surface area (Å²) < 4.78 is 38.6. The maximum atomic E-state index is 12.9. The highest BCUT2D eigenvalue weighted by Crippen LogP contribution is 2.27. The van der Waals surface area contributed by atoms with Gasteiger partial charge in [-0.1, -0.05) is 11.6 Å². The van der Waals surface area contributed by atoms with Crippen LogP contribution in [0.3, 0.4) is 0 Å². The Hall–Kier alpha value is -0.690. The van der Waals surface area contributed by atoms with Gasteiger partial charge in [-0.05, 0) is 31.0 Å². The second-order valence-electron chi connectivity index (χ2n) is 4.23. The third-order valence-corrected chi connectivity index (χ3v) is 5.22. The molecule has 1 atom stereocenters. The summed E-state index contributed by atoms with van der Waals surface area (Å²) >= 11 is 5.76. The molecule has 0 radical (unpaired) electrons. The minimum Gasteiger partial charge on any atom is -0.392 e. The maximum Gasteiger partial charge on any atom is 0.244 e. The van der Waals surface area contributed by atoms with Crippen molar-refractivity contribution >= 4 is 21.6 Å². The zero-order valence-corrected chi connectivity index (χ0v) is 11.1. The summed E-state index contributed by atoms with van der Waals surface area (Å²) in [6.45, 7) is 0.392. The van der Waals surface area contributed by atoms with Crippen LogP contribution in [0, 0.1) is 5.82 Å². The Labute approximate surface area is 110 Å². The highest BCUT2D eigenvalue weighted by molar-refractivity contribution is 7.89. The number of piperidine rings is 1. The minimum atomic E-state index is -3.77. The van der Waals surface area contributed by atoms with Gasteiger partial charge in [0.25, 0.3) is 0 Å². The molecule has 1 aromatic rings. The predicted octanol–water partition coefficient (Wildman–Crippen LogP) is 1.62. The van der Waals surface area contributed by atoms with Gasteiger partial charge in [-0.3, -0.25) is 0 Å². The van der Waals surface area contributed by atoms with Crippen LogP contribution >= 0.6 is 11.6 Å². The fourth-order valence-electron chi connectivity index (χ4n) is 1.96. The number of rotatable bonds is 2. The van der Waals surface area contributed by atoms with Gasteiger partial charge in [0.2, 0.25) is 10.0 Å². The first kappa shape index (κ1) is 13.7. The number of aliphatic hydroxyl groups is 1. The second-order valence-corrected chi connectivity index (χ2v) is 6.55. The van der Waals surface area contributed by atoms with Crippen LogP contribution in [0.25, 0.3) is 0 Å². The largest absolute Gasteiger partial charge is 0.392 e. The number of hydrogen-bond donors (Lipinski definition) is 1. The minimum absolute atomic E-state index is 0.0516. The van der Waals surface area contributed by atoms with E-state index in [2.05, 4.69) is 0 Å². The Morgan fingerprint density at radius 1 is 1.44 bits per heavy atom. The Kier molecular flexibility index (Phi) is 3.91. The molecule has 18 heavy (non-hydrogen) atoms. The molecule has 0 aromatic heterocycles. The first-order valence-corrected chi connectivity index (χ1v) is 7.36. The molecule has 0 spiro atoms. The van der Waals surface area contributed by atoms with Crippen LogP contribution in [0.2, 0.25) is 5.02 Å². The van der Waals surface area contributed by atoms with Crippen LogP contribution in [0.15, 0.2) is 23.1 Å². The number of halogens is 2. The molecule has 1 aliphatic heterocycles. The quantitative estimate of drug-likeness (QED) is 0.901. The molecular weight excluding hydrogens is 281 g/mol. The van der Waals surface area contributed by atoms with Gasteiger partial charge in [0, 0.05) is 13.1 Å². The summed E-state index contributed by atoms with van der Waals surface area (Å²) in [5, 5.41) is 9.36. The number of benzene rings is 1. The summed E-state index contributed by atoms with van der Waals surface area (Å²) in [4.78, 5) is -0.125. The van der Waals surface area contributed by atoms with Crippen molar-refractivity contribution in [3.8, 4) is 0 Å². The van der Waals surface area contributed by atoms with Crippen molar-refractivity contribution in [3.05, 3.63) is 29.0 Å². The van der Waals surface area contributed by atoms with Crippen molar-refractivity contribution in [2.75, 3.05) is 13.1 Å². The summed E-state index contributed by atoms with van der Waals surface area (Å²) in [5.74, 6) is -0.586. The zero-order valence-electron chi connectivity index (χ0n) is 9.51. The second kappa shape index (κ2) is 5.13. The van der Waals surface area contributed by atoms with E-state index >= 15 is 0 Å². The number of sulfonamides is 1. The monoisotopic (exact) mass is 293 g/mol. The smallest absolute Gasteiger partial charge is 0.244 e. The number of β-amino-alcohol motifs (C(OH)–C–C–N with tert-alkyl or cyclic N) is 1. The van der Waals surface area contributed by atoms with E-state index in [9.17, 15) is 17.9 Å². The molecule has 1 unspecified atom stereocenters. The van der Waals surface area contributed by atoms with E-state index in [-0.39, 0.29) is 16.5 Å². The number of aliphatic hydroxyl groups excluding tert-OH is 1. The molecule has 1 fully saturated rings. The van der Waals surface area contributed by atoms with Gasteiger partial charge in [-0.2, -0.15) is 4.31 Å². The normalized spacial score (nSPS) is 22.1. The van der Waals surface area contributed by atoms with Gasteiger partial charge in [0.05, 0.1) is 11.1 Å². The molecule has 1 aliphatic rings. The molecule has 7 heteroatoms. The number of nitrogens with zero attached hydrogens (tertiary/aromatic N) is 1. The Morgan fingerprint density at radius 2 is 2.17 bits per heavy atom. The van der Waals surface area contributed by atoms with E-state index in [1.54, 1.807) is 0 Å². The lowest BCUT2D eigenvalue weighted by atomic mass is 10.1. The third-order valence-electron chi connectivity index (χ3n) is 2.87. The summed E-state index contributed by atoms with van der Waals surface area (Å²) in [5.41, 5.74) is 0. The lowest BCUT2D eigenvalue weighted by Gasteiger charge is -2.29. The van der Waals surface area contributed by atoms with Crippen molar-refractivity contribution in [2.45, 2.75) is 23.8 Å². The molecule has 2 rings (SSSR count). The maximum absolute atomic E-state index is 12.9. The predicted molar refractivity (Wildman–Crippen MR) is 65.4 cm³/mol. The molecule has 100 valence electrons. The average molecular weight is 294 g/mol. The standard InChI is InChI=1S/C11H13ClFNO3S/c12-10-6-8(13)3-4-11(10)18(16,17)14-5-1-2-9(15)7-14/h3-4,6,9,15H,1-2,5,7H2. The highest BCUT2D eigenvalue weighted by Gasteiger charge is 2.30. The first-order valence-electron chi connectivity index (χ1n) is 5.54. The van der Waals surface area contributed by atoms with Crippen molar-refractivity contribution < 1.29 is 17.9 Å². The number of hydrogen-bond acceptors (Lipinski definition) is 3. The van der Waals surface area contributed by atoms with Crippen LogP contribution in [-0.2, 0) is 10.0 Å². The molecule has 1 saturated heterocycles. The Balaban J connectivity index is 2.35. The Morgan fingerprint density at radius 3 is 2.78 bits per heavy atom. The van der Waals surface area contributed by atoms with Crippen LogP contribution < -0.4 is 0 Å². The van der Waals surface area contributed by atoms with Crippen LogP contribution in [0.4, 0.5) is 4.39 Å². The molecule has 0 saturated carbocycles. The van der Waals surface area contributed by atoms with Gasteiger partial charge >= 0.3 is 0 Å². The molecule has 1 N–H and O–H groups in total.